The average Bonchev–Trinajstić information content (AvgIpc) is 2.55. The van der Waals surface area contributed by atoms with Gasteiger partial charge in [-0.2, -0.15) is 0 Å². The molecular formula is C17H21N3O2S. The normalized spacial score (nSPS) is 11.4. The molecule has 0 aliphatic carbocycles. The molecule has 1 heterocycles. The van der Waals surface area contributed by atoms with Crippen LogP contribution in [-0.4, -0.2) is 24.4 Å². The molecule has 0 radical (unpaired) electrons. The van der Waals surface area contributed by atoms with Crippen LogP contribution in [0.1, 0.15) is 16.8 Å². The summed E-state index contributed by atoms with van der Waals surface area (Å²) >= 11 is 1.44. The van der Waals surface area contributed by atoms with Crippen LogP contribution in [0.2, 0.25) is 0 Å². The number of benzene rings is 1. The molecule has 1 aromatic heterocycles. The van der Waals surface area contributed by atoms with E-state index in [1.54, 1.807) is 14.2 Å². The Morgan fingerprint density at radius 3 is 2.65 bits per heavy atom. The standard InChI is InChI=1S/C17H21N3O2S/c1-11-9-19-14(12(2)16(11)22-4)10-23-17(18)20-13-7-5-6-8-15(13)21-3/h5-9H,10H2,1-4H3,(H2,18,20). The molecule has 122 valence electrons. The third-order valence-corrected chi connectivity index (χ3v) is 4.23. The average molecular weight is 331 g/mol. The van der Waals surface area contributed by atoms with E-state index in [2.05, 4.69) is 9.98 Å². The topological polar surface area (TPSA) is 69.7 Å². The second kappa shape index (κ2) is 7.87. The van der Waals surface area contributed by atoms with Crippen LogP contribution in [0.5, 0.6) is 11.5 Å². The summed E-state index contributed by atoms with van der Waals surface area (Å²) < 4.78 is 10.7. The zero-order valence-corrected chi connectivity index (χ0v) is 14.6. The molecule has 0 saturated heterocycles. The first-order valence-electron chi connectivity index (χ1n) is 7.15. The van der Waals surface area contributed by atoms with Gasteiger partial charge in [-0.1, -0.05) is 23.9 Å². The molecule has 6 heteroatoms. The molecule has 2 aromatic rings. The number of aryl methyl sites for hydroxylation is 1. The Labute approximate surface area is 140 Å². The van der Waals surface area contributed by atoms with Crippen LogP contribution >= 0.6 is 11.8 Å². The highest BCUT2D eigenvalue weighted by molar-refractivity contribution is 8.13. The second-order valence-corrected chi connectivity index (χ2v) is 5.95. The number of aliphatic imine (C=N–C) groups is 1. The maximum Gasteiger partial charge on any atom is 0.159 e. The molecule has 0 amide bonds. The predicted octanol–water partition coefficient (Wildman–Crippen LogP) is 3.60. The molecule has 0 spiro atoms. The molecule has 5 nitrogen and oxygen atoms in total. The van der Waals surface area contributed by atoms with Gasteiger partial charge < -0.3 is 15.2 Å². The van der Waals surface area contributed by atoms with Crippen molar-refractivity contribution < 1.29 is 9.47 Å². The van der Waals surface area contributed by atoms with Crippen molar-refractivity contribution in [1.29, 1.82) is 0 Å². The van der Waals surface area contributed by atoms with Gasteiger partial charge in [0.15, 0.2) is 5.17 Å². The summed E-state index contributed by atoms with van der Waals surface area (Å²) in [5.74, 6) is 2.20. The summed E-state index contributed by atoms with van der Waals surface area (Å²) in [6.07, 6.45) is 1.81. The minimum atomic E-state index is 0.468. The second-order valence-electron chi connectivity index (χ2n) is 4.96. The van der Waals surface area contributed by atoms with Gasteiger partial charge in [0.1, 0.15) is 17.2 Å². The van der Waals surface area contributed by atoms with Crippen molar-refractivity contribution in [3.8, 4) is 11.5 Å². The van der Waals surface area contributed by atoms with Gasteiger partial charge >= 0.3 is 0 Å². The summed E-state index contributed by atoms with van der Waals surface area (Å²) in [6, 6.07) is 7.51. The summed E-state index contributed by atoms with van der Waals surface area (Å²) in [5.41, 5.74) is 9.74. The highest BCUT2D eigenvalue weighted by Gasteiger charge is 2.10. The van der Waals surface area contributed by atoms with Crippen LogP contribution in [0.3, 0.4) is 0 Å². The number of para-hydroxylation sites is 2. The molecule has 0 aliphatic rings. The molecule has 0 saturated carbocycles. The lowest BCUT2D eigenvalue weighted by atomic mass is 10.1. The molecule has 2 rings (SSSR count). The Hall–Kier alpha value is -2.21. The minimum absolute atomic E-state index is 0.468. The number of ether oxygens (including phenoxy) is 2. The first-order valence-corrected chi connectivity index (χ1v) is 8.14. The Balaban J connectivity index is 2.13. The van der Waals surface area contributed by atoms with Crippen molar-refractivity contribution in [2.24, 2.45) is 10.7 Å². The number of hydrogen-bond donors (Lipinski definition) is 1. The van der Waals surface area contributed by atoms with Gasteiger partial charge in [-0.15, -0.1) is 0 Å². The maximum absolute atomic E-state index is 6.03. The number of aromatic nitrogens is 1. The Morgan fingerprint density at radius 2 is 1.96 bits per heavy atom. The van der Waals surface area contributed by atoms with E-state index in [0.29, 0.717) is 22.4 Å². The summed E-state index contributed by atoms with van der Waals surface area (Å²) in [6.45, 7) is 3.98. The Bertz CT molecular complexity index is 717. The largest absolute Gasteiger partial charge is 0.496 e. The van der Waals surface area contributed by atoms with Gasteiger partial charge in [0.2, 0.25) is 0 Å². The molecule has 23 heavy (non-hydrogen) atoms. The highest BCUT2D eigenvalue weighted by Crippen LogP contribution is 2.29. The molecular weight excluding hydrogens is 310 g/mol. The SMILES string of the molecule is COc1ccccc1N=C(N)SCc1ncc(C)c(OC)c1C. The molecule has 0 aliphatic heterocycles. The van der Waals surface area contributed by atoms with E-state index in [9.17, 15) is 0 Å². The third kappa shape index (κ3) is 4.16. The number of rotatable bonds is 5. The molecule has 0 bridgehead atoms. The molecule has 1 aromatic carbocycles. The molecule has 0 atom stereocenters. The fourth-order valence-corrected chi connectivity index (χ4v) is 2.97. The van der Waals surface area contributed by atoms with Crippen molar-refractivity contribution in [2.45, 2.75) is 19.6 Å². The van der Waals surface area contributed by atoms with Crippen molar-refractivity contribution in [1.82, 2.24) is 4.98 Å². The summed E-state index contributed by atoms with van der Waals surface area (Å²) in [4.78, 5) is 8.87. The van der Waals surface area contributed by atoms with Crippen molar-refractivity contribution in [3.63, 3.8) is 0 Å². The van der Waals surface area contributed by atoms with Gasteiger partial charge in [0.25, 0.3) is 0 Å². The van der Waals surface area contributed by atoms with Crippen LogP contribution in [-0.2, 0) is 5.75 Å². The van der Waals surface area contributed by atoms with Gasteiger partial charge in [0.05, 0.1) is 19.9 Å². The number of nitrogens with zero attached hydrogens (tertiary/aromatic N) is 2. The number of amidine groups is 1. The Kier molecular flexibility index (Phi) is 5.87. The number of nitrogens with two attached hydrogens (primary N) is 1. The lowest BCUT2D eigenvalue weighted by Gasteiger charge is -2.12. The van der Waals surface area contributed by atoms with E-state index >= 15 is 0 Å². The molecule has 2 N–H and O–H groups in total. The van der Waals surface area contributed by atoms with Crippen molar-refractivity contribution >= 4 is 22.6 Å². The van der Waals surface area contributed by atoms with Crippen LogP contribution in [0, 0.1) is 13.8 Å². The smallest absolute Gasteiger partial charge is 0.159 e. The van der Waals surface area contributed by atoms with Crippen LogP contribution in [0.25, 0.3) is 0 Å². The van der Waals surface area contributed by atoms with Gasteiger partial charge in [-0.05, 0) is 26.0 Å². The highest BCUT2D eigenvalue weighted by atomic mass is 32.2. The van der Waals surface area contributed by atoms with Crippen LogP contribution < -0.4 is 15.2 Å². The van der Waals surface area contributed by atoms with Crippen LogP contribution in [0.4, 0.5) is 5.69 Å². The van der Waals surface area contributed by atoms with Crippen LogP contribution in [0.15, 0.2) is 35.5 Å². The monoisotopic (exact) mass is 331 g/mol. The molecule has 0 unspecified atom stereocenters. The van der Waals surface area contributed by atoms with Gasteiger partial charge in [-0.25, -0.2) is 4.99 Å². The van der Waals surface area contributed by atoms with E-state index in [1.807, 2.05) is 44.3 Å². The zero-order chi connectivity index (χ0) is 16.8. The van der Waals surface area contributed by atoms with Gasteiger partial charge in [-0.3, -0.25) is 4.98 Å². The zero-order valence-electron chi connectivity index (χ0n) is 13.8. The van der Waals surface area contributed by atoms with E-state index < -0.39 is 0 Å². The first kappa shape index (κ1) is 17.1. The number of methoxy groups -OCH3 is 2. The number of hydrogen-bond acceptors (Lipinski definition) is 5. The molecule has 0 fully saturated rings. The lowest BCUT2D eigenvalue weighted by molar-refractivity contribution is 0.407. The predicted molar refractivity (Wildman–Crippen MR) is 95.8 cm³/mol. The minimum Gasteiger partial charge on any atom is -0.496 e. The van der Waals surface area contributed by atoms with Crippen molar-refractivity contribution in [2.75, 3.05) is 14.2 Å². The fourth-order valence-electron chi connectivity index (χ4n) is 2.23. The first-order chi connectivity index (χ1) is 11.1. The maximum atomic E-state index is 6.03. The number of pyridine rings is 1. The third-order valence-electron chi connectivity index (χ3n) is 3.42. The summed E-state index contributed by atoms with van der Waals surface area (Å²) in [5, 5.41) is 0.468. The van der Waals surface area contributed by atoms with Crippen molar-refractivity contribution in [3.05, 3.63) is 47.3 Å². The van der Waals surface area contributed by atoms with E-state index in [4.69, 9.17) is 15.2 Å². The van der Waals surface area contributed by atoms with E-state index in [0.717, 1.165) is 22.6 Å². The quantitative estimate of drug-likeness (QED) is 0.669. The summed E-state index contributed by atoms with van der Waals surface area (Å²) in [7, 11) is 3.29. The number of thioether (sulfide) groups is 1. The lowest BCUT2D eigenvalue weighted by Crippen LogP contribution is -2.07. The van der Waals surface area contributed by atoms with Gasteiger partial charge in [0, 0.05) is 23.1 Å². The van der Waals surface area contributed by atoms with E-state index in [1.165, 1.54) is 11.8 Å². The Morgan fingerprint density at radius 1 is 1.22 bits per heavy atom. The van der Waals surface area contributed by atoms with E-state index in [-0.39, 0.29) is 0 Å². The fraction of sp³-hybridized carbons (Fsp3) is 0.294.